The molecule has 0 radical (unpaired) electrons. The van der Waals surface area contributed by atoms with Gasteiger partial charge in [0.1, 0.15) is 11.4 Å². The van der Waals surface area contributed by atoms with E-state index in [2.05, 4.69) is 5.32 Å². The number of carbonyl (C=O) groups is 3. The summed E-state index contributed by atoms with van der Waals surface area (Å²) in [6.07, 6.45) is 0.384. The molecule has 0 aliphatic carbocycles. The molecule has 3 aliphatic heterocycles. The maximum absolute atomic E-state index is 13.0. The fourth-order valence-corrected chi connectivity index (χ4v) is 7.85. The van der Waals surface area contributed by atoms with Crippen molar-refractivity contribution in [2.24, 2.45) is 5.92 Å². The van der Waals surface area contributed by atoms with Gasteiger partial charge in [-0.15, -0.1) is 11.8 Å². The second-order valence-electron chi connectivity index (χ2n) is 8.23. The van der Waals surface area contributed by atoms with Gasteiger partial charge in [0, 0.05) is 11.8 Å². The molecule has 1 aromatic carbocycles. The van der Waals surface area contributed by atoms with Gasteiger partial charge in [-0.05, 0) is 32.0 Å². The molecule has 0 saturated carbocycles. The number of carboxylic acids is 1. The molecule has 5 atom stereocenters. The molecule has 3 aliphatic rings. The number of rotatable bonds is 8. The predicted molar refractivity (Wildman–Crippen MR) is 123 cm³/mol. The van der Waals surface area contributed by atoms with Gasteiger partial charge in [0.15, 0.2) is 5.70 Å². The Morgan fingerprint density at radius 3 is 2.69 bits per heavy atom. The highest BCUT2D eigenvalue weighted by atomic mass is 32.2. The average Bonchev–Trinajstić information content (AvgIpc) is 3.30. The number of likely N-dealkylation sites (tertiary alicyclic amines) is 1. The van der Waals surface area contributed by atoms with Crippen LogP contribution in [0.4, 0.5) is 0 Å². The summed E-state index contributed by atoms with van der Waals surface area (Å²) in [5.74, 6) is -2.18. The molecule has 3 N–H and O–H groups in total. The number of β-lactam (4-membered cyclic amide) rings is 1. The number of likely N-dealkylation sites (N-methyl/N-ethyl adjacent to an activating group) is 1. The number of nitrogens with zero attached hydrogens (tertiary/aromatic N) is 2. The van der Waals surface area contributed by atoms with Crippen LogP contribution in [-0.2, 0) is 20.9 Å². The van der Waals surface area contributed by atoms with Crippen LogP contribution < -0.4 is 5.32 Å². The van der Waals surface area contributed by atoms with Crippen LogP contribution in [0, 0.1) is 5.92 Å². The molecule has 32 heavy (non-hydrogen) atoms. The number of carbonyl (C=O) groups excluding carboxylic acids is 2. The van der Waals surface area contributed by atoms with Crippen molar-refractivity contribution in [3.63, 3.8) is 0 Å². The number of thioether (sulfide) groups is 2. The number of nitrogens with one attached hydrogen (secondary N) is 1. The van der Waals surface area contributed by atoms with Crippen LogP contribution in [-0.4, -0.2) is 74.2 Å². The fraction of sp³-hybridized carbons (Fsp3) is 0.500. The maximum atomic E-state index is 13.0. The van der Waals surface area contributed by atoms with Crippen molar-refractivity contribution >= 4 is 41.3 Å². The zero-order valence-electron chi connectivity index (χ0n) is 17.9. The molecule has 2 fully saturated rings. The van der Waals surface area contributed by atoms with E-state index in [0.29, 0.717) is 17.2 Å². The Morgan fingerprint density at radius 2 is 2.03 bits per heavy atom. The van der Waals surface area contributed by atoms with E-state index in [1.165, 1.54) is 28.4 Å². The Balaban J connectivity index is 1.47. The molecule has 172 valence electrons. The number of aliphatic hydroxyl groups is 1. The largest absolute Gasteiger partial charge is 0.477 e. The van der Waals surface area contributed by atoms with Gasteiger partial charge in [-0.3, -0.25) is 19.4 Å². The third kappa shape index (κ3) is 4.16. The molecule has 2 unspecified atom stereocenters. The van der Waals surface area contributed by atoms with E-state index in [9.17, 15) is 24.6 Å². The minimum Gasteiger partial charge on any atom is -0.477 e. The molecule has 0 spiro atoms. The van der Waals surface area contributed by atoms with E-state index in [1.54, 1.807) is 6.92 Å². The van der Waals surface area contributed by atoms with Gasteiger partial charge in [0.25, 0.3) is 0 Å². The van der Waals surface area contributed by atoms with Crippen LogP contribution in [0.1, 0.15) is 25.3 Å². The third-order valence-corrected chi connectivity index (χ3v) is 9.15. The molecule has 4 rings (SSSR count). The van der Waals surface area contributed by atoms with Crippen LogP contribution in [0.15, 0.2) is 40.3 Å². The van der Waals surface area contributed by atoms with Gasteiger partial charge < -0.3 is 15.5 Å². The van der Waals surface area contributed by atoms with Gasteiger partial charge in [-0.25, -0.2) is 4.79 Å². The van der Waals surface area contributed by atoms with Crippen LogP contribution in [0.2, 0.25) is 0 Å². The standard InChI is InChI=1S/C22H27N3O5S2/c1-3-13(26)15-19(28)25-17(21(29)30)22(32-20(15)25)31-14-9-10-24(2)16(14)18(27)23-11-12-7-5-4-6-8-12/h4-8,13-16,20,26H,3,9-11H2,1-2H3,(H,23,27)(H,29,30)/t13-,14?,15+,16?,20+/m0/s1. The van der Waals surface area contributed by atoms with E-state index >= 15 is 0 Å². The van der Waals surface area contributed by atoms with E-state index in [4.69, 9.17) is 0 Å². The smallest absolute Gasteiger partial charge is 0.354 e. The maximum Gasteiger partial charge on any atom is 0.354 e. The number of benzene rings is 1. The minimum absolute atomic E-state index is 0.0208. The molecule has 8 nitrogen and oxygen atoms in total. The monoisotopic (exact) mass is 477 g/mol. The van der Waals surface area contributed by atoms with Crippen LogP contribution in [0.3, 0.4) is 0 Å². The van der Waals surface area contributed by atoms with Gasteiger partial charge in [-0.2, -0.15) is 0 Å². The lowest BCUT2D eigenvalue weighted by Crippen LogP contribution is -2.61. The summed E-state index contributed by atoms with van der Waals surface area (Å²) in [7, 11) is 1.89. The number of fused-ring (bicyclic) bond motifs is 1. The highest BCUT2D eigenvalue weighted by Crippen LogP contribution is 2.55. The predicted octanol–water partition coefficient (Wildman–Crippen LogP) is 1.66. The van der Waals surface area contributed by atoms with Crippen molar-refractivity contribution in [2.45, 2.75) is 49.1 Å². The van der Waals surface area contributed by atoms with E-state index in [-0.39, 0.29) is 22.8 Å². The number of hydrogen-bond donors (Lipinski definition) is 3. The summed E-state index contributed by atoms with van der Waals surface area (Å²) in [5, 5.41) is 22.5. The highest BCUT2D eigenvalue weighted by Gasteiger charge is 2.58. The fourth-order valence-electron chi connectivity index (χ4n) is 4.43. The second kappa shape index (κ2) is 9.46. The Kier molecular flexibility index (Phi) is 6.85. The first-order chi connectivity index (χ1) is 15.3. The number of amides is 2. The summed E-state index contributed by atoms with van der Waals surface area (Å²) in [6.45, 7) is 2.96. The normalized spacial score (nSPS) is 28.5. The number of carboxylic acid groups (broad SMARTS) is 1. The molecule has 3 heterocycles. The number of hydrogen-bond acceptors (Lipinski definition) is 7. The van der Waals surface area contributed by atoms with Crippen molar-refractivity contribution in [1.82, 2.24) is 15.1 Å². The number of aliphatic hydroxyl groups excluding tert-OH is 1. The molecule has 2 saturated heterocycles. The Morgan fingerprint density at radius 1 is 1.31 bits per heavy atom. The van der Waals surface area contributed by atoms with Crippen LogP contribution in [0.5, 0.6) is 0 Å². The van der Waals surface area contributed by atoms with Crippen molar-refractivity contribution < 1.29 is 24.6 Å². The quantitative estimate of drug-likeness (QED) is 0.485. The molecule has 1 aromatic rings. The average molecular weight is 478 g/mol. The van der Waals surface area contributed by atoms with Crippen molar-refractivity contribution in [2.75, 3.05) is 13.6 Å². The van der Waals surface area contributed by atoms with Crippen molar-refractivity contribution in [3.05, 3.63) is 45.8 Å². The van der Waals surface area contributed by atoms with E-state index in [1.807, 2.05) is 42.3 Å². The van der Waals surface area contributed by atoms with Gasteiger partial charge in [0.2, 0.25) is 11.8 Å². The van der Waals surface area contributed by atoms with Crippen LogP contribution in [0.25, 0.3) is 0 Å². The minimum atomic E-state index is -1.16. The first-order valence-electron chi connectivity index (χ1n) is 10.7. The Labute approximate surface area is 195 Å². The molecule has 2 amide bonds. The summed E-state index contributed by atoms with van der Waals surface area (Å²) in [5.41, 5.74) is 0.990. The molecular weight excluding hydrogens is 450 g/mol. The van der Waals surface area contributed by atoms with Gasteiger partial charge in [0.05, 0.1) is 16.3 Å². The SMILES string of the molecule is CC[C@H](O)[C@@H]1C(=O)N2C(C(=O)O)=C(SC3CCN(C)C3C(=O)NCc3ccccc3)S[C@H]12. The molecule has 0 aromatic heterocycles. The summed E-state index contributed by atoms with van der Waals surface area (Å²) in [4.78, 5) is 40.8. The highest BCUT2D eigenvalue weighted by molar-refractivity contribution is 8.23. The summed E-state index contributed by atoms with van der Waals surface area (Å²) in [6, 6.07) is 9.28. The lowest BCUT2D eigenvalue weighted by molar-refractivity contribution is -0.157. The van der Waals surface area contributed by atoms with Crippen molar-refractivity contribution in [1.29, 1.82) is 0 Å². The lowest BCUT2D eigenvalue weighted by atomic mass is 9.90. The zero-order chi connectivity index (χ0) is 23.0. The Hall–Kier alpha value is -2.01. The van der Waals surface area contributed by atoms with Gasteiger partial charge in [-0.1, -0.05) is 49.0 Å². The first kappa shape index (κ1) is 23.2. The molecule has 0 bridgehead atoms. The van der Waals surface area contributed by atoms with Gasteiger partial charge >= 0.3 is 5.97 Å². The number of aliphatic carboxylic acids is 1. The van der Waals surface area contributed by atoms with Crippen molar-refractivity contribution in [3.8, 4) is 0 Å². The lowest BCUT2D eigenvalue weighted by Gasteiger charge is -2.44. The summed E-state index contributed by atoms with van der Waals surface area (Å²) >= 11 is 2.69. The molecular formula is C22H27N3O5S2. The van der Waals surface area contributed by atoms with E-state index in [0.717, 1.165) is 18.5 Å². The third-order valence-electron chi connectivity index (χ3n) is 6.21. The molecule has 10 heteroatoms. The van der Waals surface area contributed by atoms with E-state index < -0.39 is 29.4 Å². The first-order valence-corrected chi connectivity index (χ1v) is 12.4. The van der Waals surface area contributed by atoms with Crippen LogP contribution >= 0.6 is 23.5 Å². The topological polar surface area (TPSA) is 110 Å². The second-order valence-corrected chi connectivity index (χ2v) is 10.9. The Bertz CT molecular complexity index is 941. The summed E-state index contributed by atoms with van der Waals surface area (Å²) < 4.78 is 0.544. The zero-order valence-corrected chi connectivity index (χ0v) is 19.6.